The van der Waals surface area contributed by atoms with E-state index in [4.69, 9.17) is 21.4 Å². The minimum Gasteiger partial charge on any atom is -0.404 e. The number of imidazole rings is 1. The highest BCUT2D eigenvalue weighted by molar-refractivity contribution is 6.39. The Labute approximate surface area is 190 Å². The zero-order valence-electron chi connectivity index (χ0n) is 17.5. The van der Waals surface area contributed by atoms with Gasteiger partial charge in [-0.1, -0.05) is 0 Å². The molecule has 1 saturated heterocycles. The van der Waals surface area contributed by atoms with Gasteiger partial charge in [-0.3, -0.25) is 14.3 Å². The Balaban J connectivity index is 1.80. The van der Waals surface area contributed by atoms with Gasteiger partial charge in [-0.2, -0.15) is 10.2 Å². The molecule has 2 atom stereocenters. The first kappa shape index (κ1) is 22.8. The minimum absolute atomic E-state index is 0.0179. The number of likely N-dealkylation sites (tertiary alicyclic amines) is 1. The molecular weight excluding hydrogens is 430 g/mol. The summed E-state index contributed by atoms with van der Waals surface area (Å²) < 4.78 is 3.01. The number of aromatic nitrogens is 5. The summed E-state index contributed by atoms with van der Waals surface area (Å²) in [6.45, 7) is -0.205. The van der Waals surface area contributed by atoms with Gasteiger partial charge in [-0.15, -0.1) is 0 Å². The van der Waals surface area contributed by atoms with Crippen molar-refractivity contribution in [3.8, 4) is 11.3 Å². The molecule has 4 rings (SSSR count). The molecule has 3 aromatic rings. The fourth-order valence-electron chi connectivity index (χ4n) is 3.91. The highest BCUT2D eigenvalue weighted by atomic mass is 16.5. The van der Waals surface area contributed by atoms with Gasteiger partial charge in [-0.25, -0.2) is 9.50 Å². The summed E-state index contributed by atoms with van der Waals surface area (Å²) in [5, 5.41) is 39.3. The summed E-state index contributed by atoms with van der Waals surface area (Å²) in [4.78, 5) is 29.3. The van der Waals surface area contributed by atoms with Crippen LogP contribution in [0.1, 0.15) is 10.4 Å². The fraction of sp³-hybridized carbons (Fsp3) is 0.389. The zero-order chi connectivity index (χ0) is 24.1. The Morgan fingerprint density at radius 1 is 1.24 bits per heavy atom. The molecule has 15 heteroatoms. The van der Waals surface area contributed by atoms with E-state index in [1.165, 1.54) is 15.6 Å². The molecule has 0 saturated carbocycles. The van der Waals surface area contributed by atoms with Crippen LogP contribution in [0.4, 0.5) is 5.69 Å². The second-order valence-corrected chi connectivity index (χ2v) is 8.06. The lowest BCUT2D eigenvalue weighted by Gasteiger charge is -2.41. The van der Waals surface area contributed by atoms with E-state index >= 15 is 0 Å². The number of hydrogen-bond acceptors (Lipinski definition) is 9. The maximum atomic E-state index is 12.1. The smallest absolute Gasteiger partial charge is 0.252 e. The number of carbonyl (C=O) groups is 2. The molecule has 1 fully saturated rings. The quantitative estimate of drug-likeness (QED) is 0.140. The number of carbonyl (C=O) groups excluding carboxylic acids is 2. The predicted molar refractivity (Wildman–Crippen MR) is 116 cm³/mol. The van der Waals surface area contributed by atoms with Gasteiger partial charge in [-0.05, 0) is 0 Å². The average molecular weight is 450 g/mol. The van der Waals surface area contributed by atoms with Crippen LogP contribution < -0.4 is 11.1 Å². The fourth-order valence-corrected chi connectivity index (χ4v) is 3.91. The molecule has 4 heterocycles. The van der Waals surface area contributed by atoms with Crippen molar-refractivity contribution in [2.24, 2.45) is 18.7 Å². The highest BCUT2D eigenvalue weighted by Crippen LogP contribution is 2.34. The van der Waals surface area contributed by atoms with Crippen molar-refractivity contribution < 1.29 is 24.9 Å². The maximum Gasteiger partial charge on any atom is 0.252 e. The molecule has 0 bridgehead atoms. The molecule has 168 valence electrons. The van der Waals surface area contributed by atoms with Crippen LogP contribution in [0.5, 0.6) is 0 Å². The van der Waals surface area contributed by atoms with Gasteiger partial charge in [0.1, 0.15) is 15.7 Å². The molecule has 2 amide bonds. The SMILES string of the molecule is [B]C([B])(O)C(O)(O)C1CN(C=O)CC1Nc1c(C(N)=O)cnn2cc(-c3cnn(C)c3)nc12. The average Bonchev–Trinajstić information content (AvgIpc) is 3.44. The van der Waals surface area contributed by atoms with Gasteiger partial charge < -0.3 is 31.3 Å². The third kappa shape index (κ3) is 3.94. The minimum atomic E-state index is -2.99. The van der Waals surface area contributed by atoms with Crippen molar-refractivity contribution in [1.82, 2.24) is 29.3 Å². The third-order valence-electron chi connectivity index (χ3n) is 5.69. The second-order valence-electron chi connectivity index (χ2n) is 8.06. The van der Waals surface area contributed by atoms with Gasteiger partial charge in [0.05, 0.1) is 47.5 Å². The van der Waals surface area contributed by atoms with Crippen molar-refractivity contribution in [2.45, 2.75) is 17.2 Å². The third-order valence-corrected chi connectivity index (χ3v) is 5.69. The Kier molecular flexibility index (Phi) is 5.42. The van der Waals surface area contributed by atoms with Crippen LogP contribution in [0, 0.1) is 5.92 Å². The van der Waals surface area contributed by atoms with E-state index in [0.29, 0.717) is 17.7 Å². The van der Waals surface area contributed by atoms with E-state index in [0.717, 1.165) is 0 Å². The summed E-state index contributed by atoms with van der Waals surface area (Å²) in [7, 11) is 12.5. The molecule has 0 spiro atoms. The van der Waals surface area contributed by atoms with Crippen molar-refractivity contribution in [3.05, 3.63) is 30.4 Å². The maximum absolute atomic E-state index is 12.1. The number of aliphatic hydroxyl groups is 3. The van der Waals surface area contributed by atoms with Crippen LogP contribution in [0.15, 0.2) is 24.8 Å². The van der Waals surface area contributed by atoms with Gasteiger partial charge in [0.15, 0.2) is 11.4 Å². The largest absolute Gasteiger partial charge is 0.404 e. The van der Waals surface area contributed by atoms with Crippen LogP contribution >= 0.6 is 0 Å². The van der Waals surface area contributed by atoms with Crippen molar-refractivity contribution in [1.29, 1.82) is 0 Å². The van der Waals surface area contributed by atoms with Crippen molar-refractivity contribution in [2.75, 3.05) is 18.4 Å². The number of nitrogens with zero attached hydrogens (tertiary/aromatic N) is 6. The van der Waals surface area contributed by atoms with Crippen LogP contribution in [-0.4, -0.2) is 103 Å². The highest BCUT2D eigenvalue weighted by Gasteiger charge is 2.52. The first-order valence-corrected chi connectivity index (χ1v) is 9.80. The number of fused-ring (bicyclic) bond motifs is 1. The lowest BCUT2D eigenvalue weighted by molar-refractivity contribution is -0.247. The summed E-state index contributed by atoms with van der Waals surface area (Å²) >= 11 is 0. The molecule has 4 radical (unpaired) electrons. The van der Waals surface area contributed by atoms with Crippen LogP contribution in [0.3, 0.4) is 0 Å². The lowest BCUT2D eigenvalue weighted by atomic mass is 9.57. The van der Waals surface area contributed by atoms with Gasteiger partial charge in [0.2, 0.25) is 6.41 Å². The zero-order valence-corrected chi connectivity index (χ0v) is 17.5. The molecule has 3 aromatic heterocycles. The van der Waals surface area contributed by atoms with Gasteiger partial charge >= 0.3 is 0 Å². The van der Waals surface area contributed by atoms with Gasteiger partial charge in [0.25, 0.3) is 5.91 Å². The van der Waals surface area contributed by atoms with Crippen LogP contribution in [0.25, 0.3) is 16.9 Å². The number of nitrogens with one attached hydrogen (secondary N) is 1. The summed E-state index contributed by atoms with van der Waals surface area (Å²) in [5.41, 5.74) is 7.07. The molecule has 1 aliphatic rings. The Bertz CT molecular complexity index is 1220. The first-order valence-electron chi connectivity index (χ1n) is 9.80. The van der Waals surface area contributed by atoms with E-state index < -0.39 is 29.1 Å². The second kappa shape index (κ2) is 7.86. The number of rotatable bonds is 7. The number of anilines is 1. The molecule has 0 aromatic carbocycles. The van der Waals surface area contributed by atoms with E-state index in [1.807, 2.05) is 0 Å². The monoisotopic (exact) mass is 450 g/mol. The molecule has 2 unspecified atom stereocenters. The Hall–Kier alpha value is -3.42. The van der Waals surface area contributed by atoms with Crippen LogP contribution in [0.2, 0.25) is 0 Å². The van der Waals surface area contributed by atoms with Crippen molar-refractivity contribution in [3.63, 3.8) is 0 Å². The van der Waals surface area contributed by atoms with E-state index in [-0.39, 0.29) is 30.0 Å². The summed E-state index contributed by atoms with van der Waals surface area (Å²) in [6.07, 6.45) is 6.71. The first-order chi connectivity index (χ1) is 15.4. The number of aryl methyl sites for hydroxylation is 1. The van der Waals surface area contributed by atoms with Gasteiger partial charge in [0, 0.05) is 37.3 Å². The van der Waals surface area contributed by atoms with E-state index in [9.17, 15) is 24.9 Å². The number of primary amides is 1. The molecular formula is C18H20B2N8O5. The molecule has 13 nitrogen and oxygen atoms in total. The number of nitrogens with two attached hydrogens (primary N) is 1. The molecule has 0 aliphatic carbocycles. The number of amides is 2. The lowest BCUT2D eigenvalue weighted by Crippen LogP contribution is -2.63. The molecule has 1 aliphatic heterocycles. The summed E-state index contributed by atoms with van der Waals surface area (Å²) in [5.74, 6) is -5.05. The topological polar surface area (TPSA) is 184 Å². The standard InChI is InChI=1S/C18H20B2N8O5/c1-26-4-9(2-22-26)12-7-28-16(25-12)14(10(3-23-28)15(21)30)24-13-6-27(8-29)5-11(13)17(31,32)18(19,20)33/h2-4,7-8,11,13,24,31-33H,5-6H2,1H3,(H2,21,30). The van der Waals surface area contributed by atoms with Crippen LogP contribution in [-0.2, 0) is 11.8 Å². The summed E-state index contributed by atoms with van der Waals surface area (Å²) in [6, 6.07) is -0.910. The van der Waals surface area contributed by atoms with E-state index in [1.54, 1.807) is 30.3 Å². The predicted octanol–water partition coefficient (Wildman–Crippen LogP) is -3.24. The van der Waals surface area contributed by atoms with Crippen molar-refractivity contribution >= 4 is 39.3 Å². The Morgan fingerprint density at radius 3 is 2.55 bits per heavy atom. The Morgan fingerprint density at radius 2 is 1.97 bits per heavy atom. The number of hydrogen-bond donors (Lipinski definition) is 5. The molecule has 33 heavy (non-hydrogen) atoms. The molecule has 6 N–H and O–H groups in total. The normalized spacial score (nSPS) is 19.2. The van der Waals surface area contributed by atoms with E-state index in [2.05, 4.69) is 20.5 Å².